The van der Waals surface area contributed by atoms with E-state index in [9.17, 15) is 9.59 Å². The second kappa shape index (κ2) is 7.55. The molecule has 2 aliphatic rings. The SMILES string of the molecule is CCOC(=O)N[C@H]1CCCN(C(=O)[C@H]2COc3ccccc3C2)C1. The van der Waals surface area contributed by atoms with Crippen molar-refractivity contribution in [2.75, 3.05) is 26.3 Å². The molecule has 2 amide bonds. The number of alkyl carbamates (subject to hydrolysis) is 1. The lowest BCUT2D eigenvalue weighted by Gasteiger charge is -2.36. The standard InChI is InChI=1S/C18H24N2O4/c1-2-23-18(22)19-15-7-5-9-20(11-15)17(21)14-10-13-6-3-4-8-16(13)24-12-14/h3-4,6,8,14-15H,2,5,7,9-12H2,1H3,(H,19,22)/t14-,15+/m1/s1. The number of carbonyl (C=O) groups excluding carboxylic acids is 2. The summed E-state index contributed by atoms with van der Waals surface area (Å²) in [6, 6.07) is 7.82. The first-order valence-electron chi connectivity index (χ1n) is 8.60. The summed E-state index contributed by atoms with van der Waals surface area (Å²) in [7, 11) is 0. The Morgan fingerprint density at radius 2 is 2.21 bits per heavy atom. The van der Waals surface area contributed by atoms with Crippen LogP contribution in [0.4, 0.5) is 4.79 Å². The van der Waals surface area contributed by atoms with Gasteiger partial charge in [-0.05, 0) is 37.8 Å². The normalized spacial score (nSPS) is 23.0. The van der Waals surface area contributed by atoms with Crippen molar-refractivity contribution in [3.63, 3.8) is 0 Å². The first-order valence-corrected chi connectivity index (χ1v) is 8.60. The summed E-state index contributed by atoms with van der Waals surface area (Å²) in [5.74, 6) is 0.836. The first-order chi connectivity index (χ1) is 11.7. The van der Waals surface area contributed by atoms with E-state index in [-0.39, 0.29) is 17.9 Å². The number of hydrogen-bond acceptors (Lipinski definition) is 4. The van der Waals surface area contributed by atoms with E-state index in [2.05, 4.69) is 5.32 Å². The molecule has 2 atom stereocenters. The van der Waals surface area contributed by atoms with E-state index >= 15 is 0 Å². The maximum atomic E-state index is 12.8. The number of nitrogens with one attached hydrogen (secondary N) is 1. The number of para-hydroxylation sites is 1. The van der Waals surface area contributed by atoms with Gasteiger partial charge in [-0.3, -0.25) is 4.79 Å². The Balaban J connectivity index is 1.58. The number of rotatable bonds is 3. The predicted octanol–water partition coefficient (Wildman–Crippen LogP) is 1.97. The molecule has 2 heterocycles. The average Bonchev–Trinajstić information content (AvgIpc) is 2.61. The third kappa shape index (κ3) is 3.80. The zero-order valence-corrected chi connectivity index (χ0v) is 14.0. The van der Waals surface area contributed by atoms with Gasteiger partial charge >= 0.3 is 6.09 Å². The van der Waals surface area contributed by atoms with Gasteiger partial charge in [-0.1, -0.05) is 18.2 Å². The van der Waals surface area contributed by atoms with Crippen molar-refractivity contribution in [3.05, 3.63) is 29.8 Å². The molecule has 1 N–H and O–H groups in total. The first kappa shape index (κ1) is 16.6. The molecule has 6 heteroatoms. The highest BCUT2D eigenvalue weighted by atomic mass is 16.5. The van der Waals surface area contributed by atoms with E-state index in [1.165, 1.54) is 0 Å². The van der Waals surface area contributed by atoms with Gasteiger partial charge in [0, 0.05) is 19.1 Å². The molecule has 1 aromatic rings. The lowest BCUT2D eigenvalue weighted by molar-refractivity contribution is -0.138. The molecule has 24 heavy (non-hydrogen) atoms. The summed E-state index contributed by atoms with van der Waals surface area (Å²) in [4.78, 5) is 26.2. The fourth-order valence-electron chi connectivity index (χ4n) is 3.38. The third-order valence-electron chi connectivity index (χ3n) is 4.56. The Hall–Kier alpha value is -2.24. The third-order valence-corrected chi connectivity index (χ3v) is 4.56. The lowest BCUT2D eigenvalue weighted by Crippen LogP contribution is -2.52. The van der Waals surface area contributed by atoms with Gasteiger partial charge in [-0.15, -0.1) is 0 Å². The van der Waals surface area contributed by atoms with E-state index in [1.54, 1.807) is 6.92 Å². The van der Waals surface area contributed by atoms with Crippen LogP contribution in [0.15, 0.2) is 24.3 Å². The van der Waals surface area contributed by atoms with Crippen LogP contribution in [0, 0.1) is 5.92 Å². The van der Waals surface area contributed by atoms with Gasteiger partial charge in [-0.25, -0.2) is 4.79 Å². The second-order valence-electron chi connectivity index (χ2n) is 6.31. The molecule has 1 aromatic carbocycles. The summed E-state index contributed by atoms with van der Waals surface area (Å²) < 4.78 is 10.7. The fourth-order valence-corrected chi connectivity index (χ4v) is 3.38. The van der Waals surface area contributed by atoms with Crippen LogP contribution in [-0.4, -0.2) is 49.2 Å². The Morgan fingerprint density at radius 3 is 3.04 bits per heavy atom. The molecule has 0 saturated carbocycles. The number of carbonyl (C=O) groups is 2. The average molecular weight is 332 g/mol. The highest BCUT2D eigenvalue weighted by Crippen LogP contribution is 2.28. The molecule has 6 nitrogen and oxygen atoms in total. The van der Waals surface area contributed by atoms with Crippen LogP contribution in [0.25, 0.3) is 0 Å². The molecule has 2 aliphatic heterocycles. The molecular formula is C18H24N2O4. The maximum absolute atomic E-state index is 12.8. The molecule has 1 saturated heterocycles. The van der Waals surface area contributed by atoms with Crippen LogP contribution in [0.5, 0.6) is 5.75 Å². The number of benzene rings is 1. The highest BCUT2D eigenvalue weighted by molar-refractivity contribution is 5.80. The fraction of sp³-hybridized carbons (Fsp3) is 0.556. The van der Waals surface area contributed by atoms with Gasteiger partial charge < -0.3 is 19.7 Å². The largest absolute Gasteiger partial charge is 0.492 e. The number of hydrogen-bond donors (Lipinski definition) is 1. The summed E-state index contributed by atoms with van der Waals surface area (Å²) >= 11 is 0. The van der Waals surface area contributed by atoms with E-state index in [0.29, 0.717) is 26.2 Å². The molecule has 1 fully saturated rings. The van der Waals surface area contributed by atoms with E-state index in [4.69, 9.17) is 9.47 Å². The molecular weight excluding hydrogens is 308 g/mol. The van der Waals surface area contributed by atoms with Crippen molar-refractivity contribution in [1.82, 2.24) is 10.2 Å². The number of piperidine rings is 1. The smallest absolute Gasteiger partial charge is 0.407 e. The zero-order valence-electron chi connectivity index (χ0n) is 14.0. The number of amides is 2. The minimum atomic E-state index is -0.410. The van der Waals surface area contributed by atoms with E-state index in [0.717, 1.165) is 30.7 Å². The monoisotopic (exact) mass is 332 g/mol. The number of fused-ring (bicyclic) bond motifs is 1. The van der Waals surface area contributed by atoms with Gasteiger partial charge in [0.15, 0.2) is 0 Å². The number of nitrogens with zero attached hydrogens (tertiary/aromatic N) is 1. The van der Waals surface area contributed by atoms with Crippen LogP contribution < -0.4 is 10.1 Å². The molecule has 0 aliphatic carbocycles. The zero-order chi connectivity index (χ0) is 16.9. The molecule has 3 rings (SSSR count). The van der Waals surface area contributed by atoms with Crippen molar-refractivity contribution >= 4 is 12.0 Å². The molecule has 0 radical (unpaired) electrons. The quantitative estimate of drug-likeness (QED) is 0.919. The van der Waals surface area contributed by atoms with Crippen molar-refractivity contribution in [2.45, 2.75) is 32.2 Å². The van der Waals surface area contributed by atoms with Gasteiger partial charge in [0.2, 0.25) is 5.91 Å². The highest BCUT2D eigenvalue weighted by Gasteiger charge is 2.32. The van der Waals surface area contributed by atoms with E-state index in [1.807, 2.05) is 29.2 Å². The van der Waals surface area contributed by atoms with Gasteiger partial charge in [0.05, 0.1) is 12.5 Å². The Bertz CT molecular complexity index is 604. The number of likely N-dealkylation sites (tertiary alicyclic amines) is 1. The second-order valence-corrected chi connectivity index (χ2v) is 6.31. The molecule has 0 unspecified atom stereocenters. The number of ether oxygens (including phenoxy) is 2. The molecule has 130 valence electrons. The molecule has 0 spiro atoms. The summed E-state index contributed by atoms with van der Waals surface area (Å²) in [6.45, 7) is 3.81. The Kier molecular flexibility index (Phi) is 5.23. The van der Waals surface area contributed by atoms with Gasteiger partial charge in [-0.2, -0.15) is 0 Å². The van der Waals surface area contributed by atoms with Crippen LogP contribution >= 0.6 is 0 Å². The van der Waals surface area contributed by atoms with Crippen molar-refractivity contribution < 1.29 is 19.1 Å². The summed E-state index contributed by atoms with van der Waals surface area (Å²) in [5.41, 5.74) is 1.08. The molecule has 0 bridgehead atoms. The summed E-state index contributed by atoms with van der Waals surface area (Å²) in [5, 5.41) is 2.84. The Morgan fingerprint density at radius 1 is 1.38 bits per heavy atom. The maximum Gasteiger partial charge on any atom is 0.407 e. The van der Waals surface area contributed by atoms with Crippen molar-refractivity contribution in [3.8, 4) is 5.75 Å². The van der Waals surface area contributed by atoms with Gasteiger partial charge in [0.1, 0.15) is 12.4 Å². The van der Waals surface area contributed by atoms with Crippen molar-refractivity contribution in [2.24, 2.45) is 5.92 Å². The van der Waals surface area contributed by atoms with Crippen LogP contribution in [0.3, 0.4) is 0 Å². The summed E-state index contributed by atoms with van der Waals surface area (Å²) in [6.07, 6.45) is 2.05. The molecule has 0 aromatic heterocycles. The van der Waals surface area contributed by atoms with Gasteiger partial charge in [0.25, 0.3) is 0 Å². The van der Waals surface area contributed by atoms with Crippen molar-refractivity contribution in [1.29, 1.82) is 0 Å². The topological polar surface area (TPSA) is 67.9 Å². The minimum absolute atomic E-state index is 0.0430. The van der Waals surface area contributed by atoms with Crippen LogP contribution in [-0.2, 0) is 16.0 Å². The Labute approximate surface area is 142 Å². The predicted molar refractivity (Wildman–Crippen MR) is 88.9 cm³/mol. The van der Waals surface area contributed by atoms with Crippen LogP contribution in [0.2, 0.25) is 0 Å². The minimum Gasteiger partial charge on any atom is -0.492 e. The lowest BCUT2D eigenvalue weighted by atomic mass is 9.94. The van der Waals surface area contributed by atoms with Crippen LogP contribution in [0.1, 0.15) is 25.3 Å². The van der Waals surface area contributed by atoms with E-state index < -0.39 is 6.09 Å².